The van der Waals surface area contributed by atoms with Crippen molar-refractivity contribution in [3.8, 4) is 0 Å². The van der Waals surface area contributed by atoms with Gasteiger partial charge in [0.2, 0.25) is 0 Å². The summed E-state index contributed by atoms with van der Waals surface area (Å²) >= 11 is 0. The highest BCUT2D eigenvalue weighted by Crippen LogP contribution is 2.28. The summed E-state index contributed by atoms with van der Waals surface area (Å²) in [5, 5.41) is 7.36. The number of amidine groups is 1. The van der Waals surface area contributed by atoms with E-state index in [1.807, 2.05) is 12.1 Å². The standard InChI is InChI=1S/C14H22N4/c1-10-3-6-12(7-4-10)18(2)13-8-5-11(9-17-13)14(15)16/h5,8-10,12H,3-4,6-7H2,1-2H3,(H3,15,16). The maximum atomic E-state index is 7.36. The summed E-state index contributed by atoms with van der Waals surface area (Å²) in [6, 6.07) is 4.42. The van der Waals surface area contributed by atoms with Gasteiger partial charge < -0.3 is 10.6 Å². The molecule has 0 saturated heterocycles. The van der Waals surface area contributed by atoms with E-state index in [1.165, 1.54) is 25.7 Å². The molecule has 0 aromatic carbocycles. The minimum Gasteiger partial charge on any atom is -0.384 e. The van der Waals surface area contributed by atoms with E-state index in [0.29, 0.717) is 11.6 Å². The van der Waals surface area contributed by atoms with Gasteiger partial charge in [-0.25, -0.2) is 4.98 Å². The zero-order valence-electron chi connectivity index (χ0n) is 11.2. The molecule has 3 N–H and O–H groups in total. The van der Waals surface area contributed by atoms with Gasteiger partial charge in [0.1, 0.15) is 11.7 Å². The minimum absolute atomic E-state index is 0.0724. The van der Waals surface area contributed by atoms with E-state index in [-0.39, 0.29) is 5.84 Å². The molecule has 4 nitrogen and oxygen atoms in total. The summed E-state index contributed by atoms with van der Waals surface area (Å²) < 4.78 is 0. The lowest BCUT2D eigenvalue weighted by Crippen LogP contribution is -2.35. The summed E-state index contributed by atoms with van der Waals surface area (Å²) in [5.74, 6) is 1.91. The predicted octanol–water partition coefficient (Wildman–Crippen LogP) is 2.38. The lowest BCUT2D eigenvalue weighted by molar-refractivity contribution is 0.340. The van der Waals surface area contributed by atoms with Gasteiger partial charge in [0.05, 0.1) is 0 Å². The van der Waals surface area contributed by atoms with Crippen LogP contribution < -0.4 is 10.6 Å². The average Bonchev–Trinajstić information content (AvgIpc) is 2.39. The van der Waals surface area contributed by atoms with Crippen molar-refractivity contribution in [2.45, 2.75) is 38.6 Å². The lowest BCUT2D eigenvalue weighted by atomic mass is 9.87. The number of anilines is 1. The summed E-state index contributed by atoms with van der Waals surface area (Å²) in [5.41, 5.74) is 6.11. The second-order valence-electron chi connectivity index (χ2n) is 5.34. The van der Waals surface area contributed by atoms with Crippen molar-refractivity contribution in [2.24, 2.45) is 11.7 Å². The van der Waals surface area contributed by atoms with Gasteiger partial charge in [-0.2, -0.15) is 0 Å². The number of rotatable bonds is 3. The highest BCUT2D eigenvalue weighted by Gasteiger charge is 2.22. The Bertz CT molecular complexity index is 404. The Labute approximate surface area is 109 Å². The summed E-state index contributed by atoms with van der Waals surface area (Å²) in [7, 11) is 2.11. The third kappa shape index (κ3) is 2.81. The number of nitrogens with zero attached hydrogens (tertiary/aromatic N) is 2. The van der Waals surface area contributed by atoms with E-state index < -0.39 is 0 Å². The highest BCUT2D eigenvalue weighted by atomic mass is 15.2. The molecule has 1 aromatic rings. The van der Waals surface area contributed by atoms with Crippen LogP contribution in [0.5, 0.6) is 0 Å². The van der Waals surface area contributed by atoms with Gasteiger partial charge >= 0.3 is 0 Å². The Morgan fingerprint density at radius 2 is 2.00 bits per heavy atom. The molecule has 2 rings (SSSR count). The zero-order valence-corrected chi connectivity index (χ0v) is 11.2. The van der Waals surface area contributed by atoms with Gasteiger partial charge in [-0.3, -0.25) is 5.41 Å². The monoisotopic (exact) mass is 246 g/mol. The van der Waals surface area contributed by atoms with Gasteiger partial charge in [0.25, 0.3) is 0 Å². The Morgan fingerprint density at radius 3 is 2.50 bits per heavy atom. The van der Waals surface area contributed by atoms with Gasteiger partial charge in [-0.1, -0.05) is 6.92 Å². The van der Waals surface area contributed by atoms with E-state index in [2.05, 4.69) is 23.9 Å². The van der Waals surface area contributed by atoms with Crippen LogP contribution in [0, 0.1) is 11.3 Å². The fourth-order valence-corrected chi connectivity index (χ4v) is 2.57. The molecule has 0 atom stereocenters. The molecule has 1 aliphatic rings. The third-order valence-electron chi connectivity index (χ3n) is 3.95. The maximum Gasteiger partial charge on any atom is 0.128 e. The first-order valence-corrected chi connectivity index (χ1v) is 6.61. The number of hydrogen-bond donors (Lipinski definition) is 2. The topological polar surface area (TPSA) is 66.0 Å². The van der Waals surface area contributed by atoms with Crippen molar-refractivity contribution < 1.29 is 0 Å². The van der Waals surface area contributed by atoms with Crippen molar-refractivity contribution in [3.63, 3.8) is 0 Å². The van der Waals surface area contributed by atoms with E-state index >= 15 is 0 Å². The van der Waals surface area contributed by atoms with Crippen molar-refractivity contribution in [3.05, 3.63) is 23.9 Å². The maximum absolute atomic E-state index is 7.36. The quantitative estimate of drug-likeness (QED) is 0.635. The molecule has 1 fully saturated rings. The molecule has 4 heteroatoms. The van der Waals surface area contributed by atoms with E-state index in [0.717, 1.165) is 11.7 Å². The SMILES string of the molecule is CC1CCC(N(C)c2ccc(C(=N)N)cn2)CC1. The first-order valence-electron chi connectivity index (χ1n) is 6.61. The van der Waals surface area contributed by atoms with Crippen LogP contribution >= 0.6 is 0 Å². The van der Waals surface area contributed by atoms with Crippen LogP contribution in [0.25, 0.3) is 0 Å². The molecule has 18 heavy (non-hydrogen) atoms. The van der Waals surface area contributed by atoms with Gasteiger partial charge in [0, 0.05) is 24.8 Å². The van der Waals surface area contributed by atoms with Crippen molar-refractivity contribution in [1.82, 2.24) is 4.98 Å². The number of nitrogens with one attached hydrogen (secondary N) is 1. The molecular formula is C14H22N4. The first kappa shape index (κ1) is 12.9. The predicted molar refractivity (Wildman–Crippen MR) is 75.1 cm³/mol. The summed E-state index contributed by atoms with van der Waals surface area (Å²) in [4.78, 5) is 6.66. The molecule has 0 bridgehead atoms. The average molecular weight is 246 g/mol. The number of nitrogens with two attached hydrogens (primary N) is 1. The van der Waals surface area contributed by atoms with Crippen LogP contribution in [0.1, 0.15) is 38.2 Å². The van der Waals surface area contributed by atoms with Crippen LogP contribution in [-0.4, -0.2) is 23.9 Å². The Kier molecular flexibility index (Phi) is 3.84. The molecule has 0 unspecified atom stereocenters. The molecule has 1 aromatic heterocycles. The Morgan fingerprint density at radius 1 is 1.33 bits per heavy atom. The second kappa shape index (κ2) is 5.38. The summed E-state index contributed by atoms with van der Waals surface area (Å²) in [6.45, 7) is 2.33. The minimum atomic E-state index is 0.0724. The van der Waals surface area contributed by atoms with Crippen LogP contribution in [0.2, 0.25) is 0 Å². The zero-order chi connectivity index (χ0) is 13.1. The van der Waals surface area contributed by atoms with Crippen LogP contribution in [0.4, 0.5) is 5.82 Å². The first-order chi connectivity index (χ1) is 8.58. The fourth-order valence-electron chi connectivity index (χ4n) is 2.57. The number of nitrogen functional groups attached to an aromatic ring is 1. The Hall–Kier alpha value is -1.58. The Balaban J connectivity index is 2.04. The third-order valence-corrected chi connectivity index (χ3v) is 3.95. The molecule has 0 radical (unpaired) electrons. The molecule has 0 amide bonds. The van der Waals surface area contributed by atoms with E-state index in [9.17, 15) is 0 Å². The second-order valence-corrected chi connectivity index (χ2v) is 5.34. The largest absolute Gasteiger partial charge is 0.384 e. The molecule has 0 spiro atoms. The number of hydrogen-bond acceptors (Lipinski definition) is 3. The highest BCUT2D eigenvalue weighted by molar-refractivity contribution is 5.94. The molecule has 98 valence electrons. The molecular weight excluding hydrogens is 224 g/mol. The fraction of sp³-hybridized carbons (Fsp3) is 0.571. The molecule has 0 aliphatic heterocycles. The molecule has 1 heterocycles. The van der Waals surface area contributed by atoms with Gasteiger partial charge in [-0.15, -0.1) is 0 Å². The van der Waals surface area contributed by atoms with Gasteiger partial charge in [0.15, 0.2) is 0 Å². The van der Waals surface area contributed by atoms with Crippen molar-refractivity contribution in [2.75, 3.05) is 11.9 Å². The van der Waals surface area contributed by atoms with Crippen LogP contribution in [0.15, 0.2) is 18.3 Å². The van der Waals surface area contributed by atoms with Crippen molar-refractivity contribution in [1.29, 1.82) is 5.41 Å². The molecule has 1 aliphatic carbocycles. The smallest absolute Gasteiger partial charge is 0.128 e. The number of aromatic nitrogens is 1. The van der Waals surface area contributed by atoms with Crippen molar-refractivity contribution >= 4 is 11.7 Å². The van der Waals surface area contributed by atoms with E-state index in [4.69, 9.17) is 11.1 Å². The van der Waals surface area contributed by atoms with Crippen LogP contribution in [0.3, 0.4) is 0 Å². The van der Waals surface area contributed by atoms with Crippen LogP contribution in [-0.2, 0) is 0 Å². The summed E-state index contributed by atoms with van der Waals surface area (Å²) in [6.07, 6.45) is 6.78. The van der Waals surface area contributed by atoms with E-state index in [1.54, 1.807) is 6.20 Å². The number of pyridine rings is 1. The normalized spacial score (nSPS) is 23.7. The molecule has 1 saturated carbocycles. The lowest BCUT2D eigenvalue weighted by Gasteiger charge is -2.34. The van der Waals surface area contributed by atoms with Gasteiger partial charge in [-0.05, 0) is 43.7 Å².